The number of hydrogen-bond acceptors (Lipinski definition) is 3. The van der Waals surface area contributed by atoms with Crippen LogP contribution in [0.4, 0.5) is 0 Å². The van der Waals surface area contributed by atoms with Crippen molar-refractivity contribution in [1.82, 2.24) is 20.1 Å². The van der Waals surface area contributed by atoms with Crippen molar-refractivity contribution in [2.75, 3.05) is 6.54 Å². The predicted molar refractivity (Wildman–Crippen MR) is 66.3 cm³/mol. The molecule has 0 amide bonds. The molecule has 0 aliphatic rings. The van der Waals surface area contributed by atoms with Gasteiger partial charge in [0.05, 0.1) is 0 Å². The molecule has 92 valence electrons. The first-order valence-electron chi connectivity index (χ1n) is 6.29. The molecule has 1 N–H and O–H groups in total. The Balaban J connectivity index is 2.54. The van der Waals surface area contributed by atoms with Crippen molar-refractivity contribution >= 4 is 0 Å². The normalized spacial score (nSPS) is 15.0. The molecular formula is C12H24N4. The maximum absolute atomic E-state index is 4.34. The van der Waals surface area contributed by atoms with E-state index in [1.165, 1.54) is 0 Å². The number of aromatic nitrogens is 3. The lowest BCUT2D eigenvalue weighted by Crippen LogP contribution is -2.33. The number of rotatable bonds is 7. The van der Waals surface area contributed by atoms with E-state index in [1.54, 1.807) is 6.33 Å². The van der Waals surface area contributed by atoms with Crippen LogP contribution in [0.3, 0.4) is 0 Å². The van der Waals surface area contributed by atoms with Gasteiger partial charge < -0.3 is 5.32 Å². The Morgan fingerprint density at radius 2 is 2.12 bits per heavy atom. The zero-order chi connectivity index (χ0) is 12.0. The lowest BCUT2D eigenvalue weighted by atomic mass is 9.99. The van der Waals surface area contributed by atoms with E-state index in [-0.39, 0.29) is 0 Å². The zero-order valence-electron chi connectivity index (χ0n) is 10.9. The smallest absolute Gasteiger partial charge is 0.138 e. The van der Waals surface area contributed by atoms with E-state index in [4.69, 9.17) is 0 Å². The van der Waals surface area contributed by atoms with E-state index in [0.29, 0.717) is 12.0 Å². The van der Waals surface area contributed by atoms with Gasteiger partial charge in [0, 0.05) is 19.0 Å². The van der Waals surface area contributed by atoms with Crippen LogP contribution in [-0.2, 0) is 13.0 Å². The lowest BCUT2D eigenvalue weighted by molar-refractivity contribution is 0.391. The van der Waals surface area contributed by atoms with Crippen molar-refractivity contribution in [3.63, 3.8) is 0 Å². The summed E-state index contributed by atoms with van der Waals surface area (Å²) >= 11 is 0. The van der Waals surface area contributed by atoms with Gasteiger partial charge >= 0.3 is 0 Å². The van der Waals surface area contributed by atoms with Gasteiger partial charge in [-0.2, -0.15) is 5.10 Å². The van der Waals surface area contributed by atoms with E-state index in [0.717, 1.165) is 31.8 Å². The fourth-order valence-electron chi connectivity index (χ4n) is 1.83. The molecule has 0 saturated carbocycles. The second-order valence-electron chi connectivity index (χ2n) is 4.43. The Labute approximate surface area is 98.5 Å². The molecule has 2 unspecified atom stereocenters. The average Bonchev–Trinajstić information content (AvgIpc) is 2.67. The van der Waals surface area contributed by atoms with Crippen LogP contribution in [0, 0.1) is 5.92 Å². The molecule has 0 aliphatic heterocycles. The molecule has 16 heavy (non-hydrogen) atoms. The Morgan fingerprint density at radius 3 is 2.75 bits per heavy atom. The number of nitrogens with one attached hydrogen (secondary N) is 1. The van der Waals surface area contributed by atoms with Crippen LogP contribution in [0.15, 0.2) is 6.33 Å². The molecule has 0 aromatic carbocycles. The number of aryl methyl sites for hydroxylation is 1. The minimum absolute atomic E-state index is 0.525. The molecule has 1 aromatic rings. The molecule has 4 nitrogen and oxygen atoms in total. The average molecular weight is 224 g/mol. The Hall–Kier alpha value is -0.900. The molecule has 0 aliphatic carbocycles. The Bertz CT molecular complexity index is 295. The summed E-state index contributed by atoms with van der Waals surface area (Å²) in [6.45, 7) is 10.8. The number of hydrogen-bond donors (Lipinski definition) is 1. The molecule has 0 radical (unpaired) electrons. The van der Waals surface area contributed by atoms with Crippen molar-refractivity contribution in [1.29, 1.82) is 0 Å². The predicted octanol–water partition coefficient (Wildman–Crippen LogP) is 1.86. The van der Waals surface area contributed by atoms with Crippen molar-refractivity contribution in [2.45, 2.75) is 53.1 Å². The summed E-state index contributed by atoms with van der Waals surface area (Å²) in [5.74, 6) is 1.69. The minimum Gasteiger partial charge on any atom is -0.314 e. The lowest BCUT2D eigenvalue weighted by Gasteiger charge is -2.20. The summed E-state index contributed by atoms with van der Waals surface area (Å²) in [5, 5.41) is 7.70. The van der Waals surface area contributed by atoms with Gasteiger partial charge in [-0.05, 0) is 25.8 Å². The first-order chi connectivity index (χ1) is 7.69. The molecule has 0 saturated heterocycles. The summed E-state index contributed by atoms with van der Waals surface area (Å²) in [6, 6.07) is 0.525. The summed E-state index contributed by atoms with van der Waals surface area (Å²) < 4.78 is 2.02. The maximum Gasteiger partial charge on any atom is 0.138 e. The van der Waals surface area contributed by atoms with Crippen LogP contribution in [0.25, 0.3) is 0 Å². The monoisotopic (exact) mass is 224 g/mol. The first kappa shape index (κ1) is 13.2. The molecule has 1 aromatic heterocycles. The SMILES string of the molecule is CCCn1ncnc1CC(C)C(C)NCC. The van der Waals surface area contributed by atoms with Crippen LogP contribution < -0.4 is 5.32 Å². The quantitative estimate of drug-likeness (QED) is 0.769. The van der Waals surface area contributed by atoms with E-state index in [1.807, 2.05) is 4.68 Å². The molecule has 2 atom stereocenters. The highest BCUT2D eigenvalue weighted by molar-refractivity contribution is 4.88. The van der Waals surface area contributed by atoms with Crippen LogP contribution in [-0.4, -0.2) is 27.4 Å². The molecule has 1 heterocycles. The number of nitrogens with zero attached hydrogens (tertiary/aromatic N) is 3. The van der Waals surface area contributed by atoms with Crippen molar-refractivity contribution in [2.24, 2.45) is 5.92 Å². The third kappa shape index (κ3) is 3.59. The molecule has 4 heteroatoms. The van der Waals surface area contributed by atoms with E-state index in [9.17, 15) is 0 Å². The van der Waals surface area contributed by atoms with Gasteiger partial charge in [0.25, 0.3) is 0 Å². The summed E-state index contributed by atoms with van der Waals surface area (Å²) in [5.41, 5.74) is 0. The molecule has 1 rings (SSSR count). The van der Waals surface area contributed by atoms with Crippen molar-refractivity contribution in [3.05, 3.63) is 12.2 Å². The van der Waals surface area contributed by atoms with E-state index in [2.05, 4.69) is 43.1 Å². The van der Waals surface area contributed by atoms with Gasteiger partial charge in [-0.1, -0.05) is 20.8 Å². The van der Waals surface area contributed by atoms with Crippen molar-refractivity contribution < 1.29 is 0 Å². The maximum atomic E-state index is 4.34. The van der Waals surface area contributed by atoms with E-state index < -0.39 is 0 Å². The molecular weight excluding hydrogens is 200 g/mol. The Kier molecular flexibility index (Phi) is 5.46. The van der Waals surface area contributed by atoms with Crippen LogP contribution in [0.1, 0.15) is 39.9 Å². The van der Waals surface area contributed by atoms with Crippen LogP contribution >= 0.6 is 0 Å². The highest BCUT2D eigenvalue weighted by Crippen LogP contribution is 2.10. The fraction of sp³-hybridized carbons (Fsp3) is 0.833. The highest BCUT2D eigenvalue weighted by Gasteiger charge is 2.14. The van der Waals surface area contributed by atoms with Gasteiger partial charge in [-0.3, -0.25) is 4.68 Å². The second kappa shape index (κ2) is 6.63. The van der Waals surface area contributed by atoms with Crippen molar-refractivity contribution in [3.8, 4) is 0 Å². The molecule has 0 spiro atoms. The largest absolute Gasteiger partial charge is 0.314 e. The minimum atomic E-state index is 0.525. The van der Waals surface area contributed by atoms with E-state index >= 15 is 0 Å². The molecule has 0 bridgehead atoms. The summed E-state index contributed by atoms with van der Waals surface area (Å²) in [4.78, 5) is 4.34. The van der Waals surface area contributed by atoms with Crippen LogP contribution in [0.2, 0.25) is 0 Å². The zero-order valence-corrected chi connectivity index (χ0v) is 10.9. The van der Waals surface area contributed by atoms with Gasteiger partial charge in [0.15, 0.2) is 0 Å². The second-order valence-corrected chi connectivity index (χ2v) is 4.43. The standard InChI is InChI=1S/C12H24N4/c1-5-7-16-12(14-9-15-16)8-10(3)11(4)13-6-2/h9-11,13H,5-8H2,1-4H3. The Morgan fingerprint density at radius 1 is 1.38 bits per heavy atom. The van der Waals surface area contributed by atoms with Gasteiger partial charge in [0.1, 0.15) is 12.2 Å². The third-order valence-corrected chi connectivity index (χ3v) is 3.02. The van der Waals surface area contributed by atoms with Gasteiger partial charge in [-0.25, -0.2) is 4.98 Å². The summed E-state index contributed by atoms with van der Waals surface area (Å²) in [6.07, 6.45) is 3.76. The van der Waals surface area contributed by atoms with Gasteiger partial charge in [-0.15, -0.1) is 0 Å². The fourth-order valence-corrected chi connectivity index (χ4v) is 1.83. The summed E-state index contributed by atoms with van der Waals surface area (Å²) in [7, 11) is 0. The molecule has 0 fully saturated rings. The van der Waals surface area contributed by atoms with Gasteiger partial charge in [0.2, 0.25) is 0 Å². The third-order valence-electron chi connectivity index (χ3n) is 3.02. The topological polar surface area (TPSA) is 42.7 Å². The van der Waals surface area contributed by atoms with Crippen LogP contribution in [0.5, 0.6) is 0 Å². The first-order valence-corrected chi connectivity index (χ1v) is 6.29. The highest BCUT2D eigenvalue weighted by atomic mass is 15.3.